The fourth-order valence-electron chi connectivity index (χ4n) is 5.58. The third-order valence-corrected chi connectivity index (χ3v) is 7.51. The number of nitrogens with zero attached hydrogens (tertiary/aromatic N) is 3. The zero-order chi connectivity index (χ0) is 23.3. The average molecular weight is 455 g/mol. The molecule has 33 heavy (non-hydrogen) atoms. The van der Waals surface area contributed by atoms with E-state index in [9.17, 15) is 24.3 Å². The summed E-state index contributed by atoms with van der Waals surface area (Å²) in [5, 5.41) is 13.3. The van der Waals surface area contributed by atoms with Crippen LogP contribution in [0.15, 0.2) is 18.2 Å². The van der Waals surface area contributed by atoms with Crippen molar-refractivity contribution in [1.82, 2.24) is 15.1 Å². The fraction of sp³-hybridized carbons (Fsp3) is 0.583. The summed E-state index contributed by atoms with van der Waals surface area (Å²) in [5.41, 5.74) is 0.696. The monoisotopic (exact) mass is 454 g/mol. The number of piperidine rings is 2. The lowest BCUT2D eigenvalue weighted by Crippen LogP contribution is -2.54. The van der Waals surface area contributed by atoms with Crippen molar-refractivity contribution >= 4 is 29.3 Å². The van der Waals surface area contributed by atoms with Gasteiger partial charge < -0.3 is 14.9 Å². The number of aliphatic hydroxyl groups is 1. The largest absolute Gasteiger partial charge is 0.388 e. The lowest BCUT2D eigenvalue weighted by Gasteiger charge is -2.41. The van der Waals surface area contributed by atoms with Crippen LogP contribution in [0.5, 0.6) is 0 Å². The second-order valence-electron chi connectivity index (χ2n) is 10.0. The van der Waals surface area contributed by atoms with Crippen LogP contribution in [0.3, 0.4) is 0 Å². The van der Waals surface area contributed by atoms with Crippen molar-refractivity contribution in [3.05, 3.63) is 29.3 Å². The zero-order valence-electron chi connectivity index (χ0n) is 18.9. The van der Waals surface area contributed by atoms with E-state index in [2.05, 4.69) is 22.0 Å². The van der Waals surface area contributed by atoms with Crippen LogP contribution in [0, 0.1) is 5.92 Å². The van der Waals surface area contributed by atoms with Gasteiger partial charge in [-0.15, -0.1) is 0 Å². The number of anilines is 1. The van der Waals surface area contributed by atoms with Gasteiger partial charge in [0, 0.05) is 38.3 Å². The minimum absolute atomic E-state index is 0.0993. The number of carbonyl (C=O) groups is 4. The third-order valence-electron chi connectivity index (χ3n) is 7.51. The summed E-state index contributed by atoms with van der Waals surface area (Å²) in [7, 11) is 0. The molecule has 9 heteroatoms. The molecule has 2 unspecified atom stereocenters. The highest BCUT2D eigenvalue weighted by Gasteiger charge is 2.45. The Hall–Kier alpha value is -2.78. The molecule has 4 amide bonds. The number of hydrogen-bond donors (Lipinski definition) is 2. The first-order valence-corrected chi connectivity index (χ1v) is 11.8. The van der Waals surface area contributed by atoms with E-state index in [0.717, 1.165) is 23.7 Å². The molecule has 1 aromatic rings. The molecular weight excluding hydrogens is 424 g/mol. The molecule has 0 aliphatic carbocycles. The minimum atomic E-state index is -0.961. The second-order valence-corrected chi connectivity index (χ2v) is 10.0. The molecule has 4 heterocycles. The van der Waals surface area contributed by atoms with E-state index in [4.69, 9.17) is 0 Å². The Morgan fingerprint density at radius 3 is 2.42 bits per heavy atom. The summed E-state index contributed by atoms with van der Waals surface area (Å²) < 4.78 is 0. The molecular formula is C24H30N4O5. The maximum Gasteiger partial charge on any atom is 0.262 e. The van der Waals surface area contributed by atoms with Gasteiger partial charge in [0.1, 0.15) is 6.04 Å². The number of hydrogen-bond acceptors (Lipinski definition) is 7. The standard InChI is InChI=1S/C24H30N4O5/c1-15-6-9-26(13-15)14-24(33)7-10-27(11-8-24)16-2-3-17-18(12-16)23(32)28(22(17)31)19-4-5-20(29)25-21(19)30/h2-3,12,15,19,33H,4-11,13-14H2,1H3,(H,25,29,30). The number of imide groups is 2. The number of likely N-dealkylation sites (tertiary alicyclic amines) is 1. The van der Waals surface area contributed by atoms with Gasteiger partial charge in [-0.3, -0.25) is 29.4 Å². The highest BCUT2D eigenvalue weighted by Crippen LogP contribution is 2.33. The molecule has 0 radical (unpaired) electrons. The van der Waals surface area contributed by atoms with E-state index in [-0.39, 0.29) is 29.9 Å². The van der Waals surface area contributed by atoms with Crippen LogP contribution in [0.2, 0.25) is 0 Å². The van der Waals surface area contributed by atoms with Crippen LogP contribution in [0.25, 0.3) is 0 Å². The van der Waals surface area contributed by atoms with Crippen molar-refractivity contribution in [3.8, 4) is 0 Å². The van der Waals surface area contributed by atoms with E-state index in [1.807, 2.05) is 6.07 Å². The number of fused-ring (bicyclic) bond motifs is 1. The molecule has 0 aromatic heterocycles. The van der Waals surface area contributed by atoms with Crippen LogP contribution in [-0.2, 0) is 9.59 Å². The Balaban J connectivity index is 1.27. The molecule has 4 aliphatic rings. The van der Waals surface area contributed by atoms with Crippen LogP contribution in [0.4, 0.5) is 5.69 Å². The molecule has 0 spiro atoms. The van der Waals surface area contributed by atoms with Crippen molar-refractivity contribution in [3.63, 3.8) is 0 Å². The van der Waals surface area contributed by atoms with E-state index in [1.54, 1.807) is 12.1 Å². The second kappa shape index (κ2) is 8.22. The molecule has 0 saturated carbocycles. The van der Waals surface area contributed by atoms with Crippen LogP contribution >= 0.6 is 0 Å². The lowest BCUT2D eigenvalue weighted by atomic mass is 9.90. The molecule has 9 nitrogen and oxygen atoms in total. The molecule has 2 N–H and O–H groups in total. The van der Waals surface area contributed by atoms with Crippen molar-refractivity contribution in [2.45, 2.75) is 50.7 Å². The first-order chi connectivity index (χ1) is 15.7. The molecule has 176 valence electrons. The first kappa shape index (κ1) is 22.0. The van der Waals surface area contributed by atoms with Crippen molar-refractivity contribution in [2.24, 2.45) is 5.92 Å². The normalized spacial score (nSPS) is 27.8. The SMILES string of the molecule is CC1CCN(CC2(O)CCN(c3ccc4c(c3)C(=O)N(C3CCC(=O)NC3=O)C4=O)CC2)C1. The molecule has 4 aliphatic heterocycles. The van der Waals surface area contributed by atoms with Crippen molar-refractivity contribution in [2.75, 3.05) is 37.6 Å². The number of nitrogens with one attached hydrogen (secondary N) is 1. The van der Waals surface area contributed by atoms with Gasteiger partial charge in [-0.2, -0.15) is 0 Å². The summed E-state index contributed by atoms with van der Waals surface area (Å²) in [6.45, 7) is 6.35. The summed E-state index contributed by atoms with van der Waals surface area (Å²) in [5.74, 6) is -1.31. The molecule has 2 atom stereocenters. The smallest absolute Gasteiger partial charge is 0.262 e. The topological polar surface area (TPSA) is 110 Å². The maximum absolute atomic E-state index is 13.1. The highest BCUT2D eigenvalue weighted by molar-refractivity contribution is 6.23. The number of rotatable bonds is 4. The Labute approximate surface area is 192 Å². The van der Waals surface area contributed by atoms with E-state index in [0.29, 0.717) is 38.4 Å². The lowest BCUT2D eigenvalue weighted by molar-refractivity contribution is -0.136. The van der Waals surface area contributed by atoms with Gasteiger partial charge in [0.05, 0.1) is 16.7 Å². The fourth-order valence-corrected chi connectivity index (χ4v) is 5.58. The van der Waals surface area contributed by atoms with E-state index >= 15 is 0 Å². The van der Waals surface area contributed by atoms with Crippen LogP contribution in [0.1, 0.15) is 59.7 Å². The molecule has 3 fully saturated rings. The van der Waals surface area contributed by atoms with Gasteiger partial charge in [0.15, 0.2) is 0 Å². The Bertz CT molecular complexity index is 1020. The van der Waals surface area contributed by atoms with Crippen molar-refractivity contribution in [1.29, 1.82) is 0 Å². The highest BCUT2D eigenvalue weighted by atomic mass is 16.3. The van der Waals surface area contributed by atoms with Crippen LogP contribution in [-0.4, -0.2) is 82.9 Å². The molecule has 3 saturated heterocycles. The number of amides is 4. The Kier molecular flexibility index (Phi) is 5.49. The van der Waals surface area contributed by atoms with Gasteiger partial charge in [-0.05, 0) is 56.3 Å². The summed E-state index contributed by atoms with van der Waals surface area (Å²) in [6, 6.07) is 4.22. The van der Waals surface area contributed by atoms with Gasteiger partial charge in [-0.25, -0.2) is 0 Å². The minimum Gasteiger partial charge on any atom is -0.388 e. The summed E-state index contributed by atoms with van der Waals surface area (Å²) in [6.07, 6.45) is 2.71. The number of benzene rings is 1. The molecule has 5 rings (SSSR count). The predicted octanol–water partition coefficient (Wildman–Crippen LogP) is 0.761. The van der Waals surface area contributed by atoms with E-state index in [1.165, 1.54) is 6.42 Å². The van der Waals surface area contributed by atoms with Gasteiger partial charge in [-0.1, -0.05) is 6.92 Å². The predicted molar refractivity (Wildman–Crippen MR) is 120 cm³/mol. The number of β-amino-alcohol motifs (C(OH)–C–C–N with tert-alkyl or cyclic N) is 1. The quantitative estimate of drug-likeness (QED) is 0.647. The summed E-state index contributed by atoms with van der Waals surface area (Å²) in [4.78, 5) is 55.1. The first-order valence-electron chi connectivity index (χ1n) is 11.8. The average Bonchev–Trinajstić information content (AvgIpc) is 3.29. The number of carbonyl (C=O) groups excluding carboxylic acids is 4. The van der Waals surface area contributed by atoms with Crippen LogP contribution < -0.4 is 10.2 Å². The van der Waals surface area contributed by atoms with Gasteiger partial charge in [0.25, 0.3) is 11.8 Å². The summed E-state index contributed by atoms with van der Waals surface area (Å²) >= 11 is 0. The molecule has 1 aromatic carbocycles. The van der Waals surface area contributed by atoms with E-state index < -0.39 is 29.4 Å². The zero-order valence-corrected chi connectivity index (χ0v) is 18.9. The van der Waals surface area contributed by atoms with Crippen molar-refractivity contribution < 1.29 is 24.3 Å². The van der Waals surface area contributed by atoms with Gasteiger partial charge in [0.2, 0.25) is 11.8 Å². The Morgan fingerprint density at radius 1 is 1.03 bits per heavy atom. The maximum atomic E-state index is 13.1. The molecule has 0 bridgehead atoms. The van der Waals surface area contributed by atoms with Gasteiger partial charge >= 0.3 is 0 Å². The Morgan fingerprint density at radius 2 is 1.76 bits per heavy atom. The third kappa shape index (κ3) is 4.04.